The van der Waals surface area contributed by atoms with Crippen LogP contribution in [0.4, 0.5) is 11.4 Å². The van der Waals surface area contributed by atoms with E-state index in [-0.39, 0.29) is 0 Å². The Morgan fingerprint density at radius 2 is 2.36 bits per heavy atom. The lowest BCUT2D eigenvalue weighted by atomic mass is 10.2. The zero-order valence-electron chi connectivity index (χ0n) is 8.13. The topological polar surface area (TPSA) is 50.9 Å². The highest BCUT2D eigenvalue weighted by atomic mass is 35.5. The molecule has 0 bridgehead atoms. The van der Waals surface area contributed by atoms with Crippen LogP contribution in [0, 0.1) is 5.92 Å². The van der Waals surface area contributed by atoms with Crippen molar-refractivity contribution in [1.29, 1.82) is 0 Å². The zero-order chi connectivity index (χ0) is 10.1. The monoisotopic (exact) mass is 211 g/mol. The van der Waals surface area contributed by atoms with Crippen LogP contribution < -0.4 is 11.1 Å². The van der Waals surface area contributed by atoms with Crippen molar-refractivity contribution in [2.45, 2.75) is 25.8 Å². The second-order valence-electron chi connectivity index (χ2n) is 3.86. The van der Waals surface area contributed by atoms with Gasteiger partial charge in [-0.15, -0.1) is 0 Å². The first-order valence-corrected chi connectivity index (χ1v) is 5.22. The van der Waals surface area contributed by atoms with Crippen LogP contribution in [-0.2, 0) is 0 Å². The van der Waals surface area contributed by atoms with Crippen LogP contribution in [0.15, 0.2) is 12.3 Å². The average Bonchev–Trinajstić information content (AvgIpc) is 2.94. The van der Waals surface area contributed by atoms with E-state index in [1.807, 2.05) is 0 Å². The largest absolute Gasteiger partial charge is 0.396 e. The predicted molar refractivity (Wildman–Crippen MR) is 59.5 cm³/mol. The molecule has 1 aliphatic rings. The maximum atomic E-state index is 5.79. The number of hydrogen-bond donors (Lipinski definition) is 2. The Kier molecular flexibility index (Phi) is 2.50. The van der Waals surface area contributed by atoms with Gasteiger partial charge >= 0.3 is 0 Å². The van der Waals surface area contributed by atoms with Crippen molar-refractivity contribution in [2.24, 2.45) is 5.92 Å². The van der Waals surface area contributed by atoms with Crippen molar-refractivity contribution in [3.05, 3.63) is 17.4 Å². The van der Waals surface area contributed by atoms with Gasteiger partial charge in [-0.05, 0) is 25.7 Å². The van der Waals surface area contributed by atoms with E-state index in [0.29, 0.717) is 16.9 Å². The fourth-order valence-electron chi connectivity index (χ4n) is 1.52. The van der Waals surface area contributed by atoms with Gasteiger partial charge in [0.2, 0.25) is 0 Å². The van der Waals surface area contributed by atoms with E-state index in [1.165, 1.54) is 12.8 Å². The van der Waals surface area contributed by atoms with Gasteiger partial charge in [-0.3, -0.25) is 0 Å². The highest BCUT2D eigenvalue weighted by Crippen LogP contribution is 2.34. The summed E-state index contributed by atoms with van der Waals surface area (Å²) < 4.78 is 0. The number of anilines is 2. The summed E-state index contributed by atoms with van der Waals surface area (Å²) in [5.41, 5.74) is 7.32. The Hall–Kier alpha value is -0.960. The molecule has 1 saturated carbocycles. The predicted octanol–water partition coefficient (Wildman–Crippen LogP) is 2.53. The summed E-state index contributed by atoms with van der Waals surface area (Å²) in [6.45, 7) is 2.17. The van der Waals surface area contributed by atoms with Gasteiger partial charge in [0.05, 0.1) is 17.6 Å². The van der Waals surface area contributed by atoms with Gasteiger partial charge in [-0.2, -0.15) is 0 Å². The second kappa shape index (κ2) is 3.65. The Labute approximate surface area is 88.7 Å². The number of nitrogen functional groups attached to an aromatic ring is 1. The molecule has 3 nitrogen and oxygen atoms in total. The fourth-order valence-corrected chi connectivity index (χ4v) is 1.68. The van der Waals surface area contributed by atoms with Crippen LogP contribution in [0.5, 0.6) is 0 Å². The van der Waals surface area contributed by atoms with Crippen molar-refractivity contribution >= 4 is 23.0 Å². The molecule has 1 aromatic rings. The van der Waals surface area contributed by atoms with E-state index in [0.717, 1.165) is 11.6 Å². The molecular formula is C10H14ClN3. The minimum absolute atomic E-state index is 0.468. The molecule has 14 heavy (non-hydrogen) atoms. The lowest BCUT2D eigenvalue weighted by Gasteiger charge is -2.15. The minimum atomic E-state index is 0.468. The molecule has 1 aliphatic carbocycles. The van der Waals surface area contributed by atoms with Gasteiger partial charge in [0.1, 0.15) is 5.15 Å². The number of halogens is 1. The number of nitrogens with zero attached hydrogens (tertiary/aromatic N) is 1. The molecule has 1 heterocycles. The summed E-state index contributed by atoms with van der Waals surface area (Å²) >= 11 is 5.79. The maximum Gasteiger partial charge on any atom is 0.131 e. The van der Waals surface area contributed by atoms with Gasteiger partial charge < -0.3 is 11.1 Å². The van der Waals surface area contributed by atoms with E-state index in [9.17, 15) is 0 Å². The zero-order valence-corrected chi connectivity index (χ0v) is 8.88. The molecule has 0 aliphatic heterocycles. The lowest BCUT2D eigenvalue weighted by molar-refractivity contribution is 0.694. The Balaban J connectivity index is 2.10. The van der Waals surface area contributed by atoms with Crippen molar-refractivity contribution in [2.75, 3.05) is 11.1 Å². The van der Waals surface area contributed by atoms with Crippen molar-refractivity contribution < 1.29 is 0 Å². The molecule has 0 spiro atoms. The van der Waals surface area contributed by atoms with Gasteiger partial charge in [0.15, 0.2) is 0 Å². The molecule has 76 valence electrons. The summed E-state index contributed by atoms with van der Waals surface area (Å²) in [6.07, 6.45) is 4.21. The number of hydrogen-bond acceptors (Lipinski definition) is 3. The van der Waals surface area contributed by atoms with Crippen LogP contribution in [0.1, 0.15) is 19.8 Å². The molecular weight excluding hydrogens is 198 g/mol. The first kappa shape index (κ1) is 9.59. The SMILES string of the molecule is CC(Nc1cc(Cl)ncc1N)C1CC1. The van der Waals surface area contributed by atoms with Crippen molar-refractivity contribution in [3.8, 4) is 0 Å². The molecule has 0 radical (unpaired) electrons. The molecule has 0 amide bonds. The summed E-state index contributed by atoms with van der Waals surface area (Å²) in [6, 6.07) is 2.24. The number of rotatable bonds is 3. The normalized spacial score (nSPS) is 17.9. The molecule has 1 aromatic heterocycles. The number of pyridine rings is 1. The standard InChI is InChI=1S/C10H14ClN3/c1-6(7-2-3-7)14-9-4-10(11)13-5-8(9)12/h4-7H,2-3,12H2,1H3,(H,13,14). The minimum Gasteiger partial charge on any atom is -0.396 e. The van der Waals surface area contributed by atoms with Crippen LogP contribution in [0.3, 0.4) is 0 Å². The first-order valence-electron chi connectivity index (χ1n) is 4.84. The van der Waals surface area contributed by atoms with Crippen molar-refractivity contribution in [1.82, 2.24) is 4.98 Å². The fraction of sp³-hybridized carbons (Fsp3) is 0.500. The van der Waals surface area contributed by atoms with Gasteiger partial charge in [0.25, 0.3) is 0 Å². The molecule has 4 heteroatoms. The van der Waals surface area contributed by atoms with E-state index in [1.54, 1.807) is 12.3 Å². The summed E-state index contributed by atoms with van der Waals surface area (Å²) in [7, 11) is 0. The molecule has 1 fully saturated rings. The molecule has 0 aromatic carbocycles. The van der Waals surface area contributed by atoms with E-state index in [4.69, 9.17) is 17.3 Å². The highest BCUT2D eigenvalue weighted by molar-refractivity contribution is 6.29. The molecule has 2 rings (SSSR count). The van der Waals surface area contributed by atoms with Crippen molar-refractivity contribution in [3.63, 3.8) is 0 Å². The Bertz CT molecular complexity index is 336. The van der Waals surface area contributed by atoms with Crippen LogP contribution >= 0.6 is 11.6 Å². The summed E-state index contributed by atoms with van der Waals surface area (Å²) in [5.74, 6) is 0.793. The van der Waals surface area contributed by atoms with Gasteiger partial charge in [-0.25, -0.2) is 4.98 Å². The van der Waals surface area contributed by atoms with E-state index >= 15 is 0 Å². The lowest BCUT2D eigenvalue weighted by Crippen LogP contribution is -2.18. The maximum absolute atomic E-state index is 5.79. The molecule has 3 N–H and O–H groups in total. The molecule has 1 atom stereocenters. The third-order valence-electron chi connectivity index (χ3n) is 2.61. The Morgan fingerprint density at radius 3 is 3.00 bits per heavy atom. The third kappa shape index (κ3) is 2.10. The quantitative estimate of drug-likeness (QED) is 0.756. The number of aromatic nitrogens is 1. The van der Waals surface area contributed by atoms with E-state index < -0.39 is 0 Å². The highest BCUT2D eigenvalue weighted by Gasteiger charge is 2.28. The smallest absolute Gasteiger partial charge is 0.131 e. The van der Waals surface area contributed by atoms with Crippen LogP contribution in [0.25, 0.3) is 0 Å². The summed E-state index contributed by atoms with van der Waals surface area (Å²) in [5, 5.41) is 3.84. The first-order chi connectivity index (χ1) is 6.66. The van der Waals surface area contributed by atoms with Crippen LogP contribution in [0.2, 0.25) is 5.15 Å². The number of nitrogens with one attached hydrogen (secondary N) is 1. The number of nitrogens with two attached hydrogens (primary N) is 1. The van der Waals surface area contributed by atoms with E-state index in [2.05, 4.69) is 17.2 Å². The third-order valence-corrected chi connectivity index (χ3v) is 2.82. The Morgan fingerprint density at radius 1 is 1.64 bits per heavy atom. The average molecular weight is 212 g/mol. The van der Waals surface area contributed by atoms with Crippen LogP contribution in [-0.4, -0.2) is 11.0 Å². The summed E-state index contributed by atoms with van der Waals surface area (Å²) in [4.78, 5) is 3.91. The molecule has 0 saturated heterocycles. The molecule has 1 unspecified atom stereocenters. The van der Waals surface area contributed by atoms with Gasteiger partial charge in [0, 0.05) is 12.1 Å². The second-order valence-corrected chi connectivity index (χ2v) is 4.25. The van der Waals surface area contributed by atoms with Gasteiger partial charge in [-0.1, -0.05) is 11.6 Å².